The molecule has 0 unspecified atom stereocenters. The third-order valence-electron chi connectivity index (χ3n) is 4.10. The zero-order valence-corrected chi connectivity index (χ0v) is 16.5. The van der Waals surface area contributed by atoms with Crippen molar-refractivity contribution in [2.75, 3.05) is 18.4 Å². The normalized spacial score (nSPS) is 11.2. The Morgan fingerprint density at radius 2 is 1.96 bits per heavy atom. The van der Waals surface area contributed by atoms with Gasteiger partial charge in [-0.2, -0.15) is 0 Å². The molecule has 0 spiro atoms. The van der Waals surface area contributed by atoms with E-state index >= 15 is 0 Å². The van der Waals surface area contributed by atoms with Crippen LogP contribution in [0.15, 0.2) is 41.9 Å². The lowest BCUT2D eigenvalue weighted by atomic mass is 10.1. The van der Waals surface area contributed by atoms with E-state index in [1.807, 2.05) is 29.8 Å². The van der Waals surface area contributed by atoms with Crippen LogP contribution < -0.4 is 5.32 Å². The van der Waals surface area contributed by atoms with Crippen molar-refractivity contribution in [3.8, 4) is 0 Å². The highest BCUT2D eigenvalue weighted by Crippen LogP contribution is 2.22. The van der Waals surface area contributed by atoms with Gasteiger partial charge in [0.25, 0.3) is 5.91 Å². The molecule has 0 radical (unpaired) electrons. The number of thiazole rings is 1. The van der Waals surface area contributed by atoms with Crippen LogP contribution in [0.5, 0.6) is 0 Å². The summed E-state index contributed by atoms with van der Waals surface area (Å²) in [5, 5.41) is 5.02. The first-order chi connectivity index (χ1) is 13.0. The maximum Gasteiger partial charge on any atom is 0.253 e. The van der Waals surface area contributed by atoms with Crippen molar-refractivity contribution in [2.45, 2.75) is 13.8 Å². The van der Waals surface area contributed by atoms with Crippen molar-refractivity contribution in [2.24, 2.45) is 0 Å². The van der Waals surface area contributed by atoms with Gasteiger partial charge in [0.15, 0.2) is 10.1 Å². The fourth-order valence-electron chi connectivity index (χ4n) is 2.65. The molecule has 0 aliphatic rings. The number of fused-ring (bicyclic) bond motifs is 1. The highest BCUT2D eigenvalue weighted by atomic mass is 35.5. The number of amides is 2. The number of nitrogens with zero attached hydrogens (tertiary/aromatic N) is 3. The Morgan fingerprint density at radius 3 is 2.63 bits per heavy atom. The summed E-state index contributed by atoms with van der Waals surface area (Å²) >= 11 is 7.57. The molecule has 1 aromatic carbocycles. The van der Waals surface area contributed by atoms with E-state index in [1.54, 1.807) is 35.2 Å². The number of aromatic nitrogens is 2. The Morgan fingerprint density at radius 1 is 1.26 bits per heavy atom. The van der Waals surface area contributed by atoms with Gasteiger partial charge >= 0.3 is 0 Å². The van der Waals surface area contributed by atoms with Gasteiger partial charge in [0.05, 0.1) is 5.69 Å². The molecule has 0 atom stereocenters. The van der Waals surface area contributed by atoms with Crippen LogP contribution in [0, 0.1) is 0 Å². The summed E-state index contributed by atoms with van der Waals surface area (Å²) in [7, 11) is 0. The smallest absolute Gasteiger partial charge is 0.253 e. The number of nitrogens with one attached hydrogen (secondary N) is 1. The van der Waals surface area contributed by atoms with Crippen LogP contribution in [0.25, 0.3) is 11.0 Å². The number of carbonyl (C=O) groups excluding carboxylic acids is 2. The summed E-state index contributed by atoms with van der Waals surface area (Å²) in [6.45, 7) is 5.21. The Balaban J connectivity index is 1.66. The molecule has 1 N–H and O–H groups in total. The summed E-state index contributed by atoms with van der Waals surface area (Å²) < 4.78 is 1.82. The monoisotopic (exact) mass is 402 g/mol. The molecule has 0 bridgehead atoms. The van der Waals surface area contributed by atoms with Gasteiger partial charge in [0, 0.05) is 42.0 Å². The standard InChI is InChI=1S/C19H19ClN4O2S/c1-3-23(4-2)18(26)13-5-7-14(8-6-13)21-16(25)10-9-15-17(20)22-19-24(15)11-12-27-19/h5-12H,3-4H2,1-2H3,(H,21,25)/b10-9+. The fraction of sp³-hybridized carbons (Fsp3) is 0.211. The SMILES string of the molecule is CCN(CC)C(=O)c1ccc(NC(=O)/C=C/c2c(Cl)nc3sccn23)cc1. The minimum absolute atomic E-state index is 0.0204. The van der Waals surface area contributed by atoms with Gasteiger partial charge in [-0.05, 0) is 44.2 Å². The maximum atomic E-state index is 12.3. The van der Waals surface area contributed by atoms with E-state index in [1.165, 1.54) is 17.4 Å². The topological polar surface area (TPSA) is 66.7 Å². The summed E-state index contributed by atoms with van der Waals surface area (Å²) in [5.74, 6) is -0.313. The van der Waals surface area contributed by atoms with E-state index < -0.39 is 0 Å². The molecule has 27 heavy (non-hydrogen) atoms. The lowest BCUT2D eigenvalue weighted by Crippen LogP contribution is -2.30. The van der Waals surface area contributed by atoms with E-state index in [9.17, 15) is 9.59 Å². The van der Waals surface area contributed by atoms with E-state index in [2.05, 4.69) is 10.3 Å². The second-order valence-corrected chi connectivity index (χ2v) is 6.95. The molecule has 140 valence electrons. The maximum absolute atomic E-state index is 12.3. The molecule has 0 saturated carbocycles. The number of halogens is 1. The molecule has 2 aromatic heterocycles. The molecule has 0 saturated heterocycles. The lowest BCUT2D eigenvalue weighted by molar-refractivity contribution is -0.111. The van der Waals surface area contributed by atoms with Gasteiger partial charge in [-0.25, -0.2) is 4.98 Å². The number of imidazole rings is 1. The number of anilines is 1. The number of carbonyl (C=O) groups is 2. The van der Waals surface area contributed by atoms with Crippen LogP contribution in [-0.2, 0) is 4.79 Å². The third-order valence-corrected chi connectivity index (χ3v) is 5.13. The van der Waals surface area contributed by atoms with Gasteiger partial charge in [-0.15, -0.1) is 11.3 Å². The second kappa shape index (κ2) is 8.37. The number of rotatable bonds is 6. The van der Waals surface area contributed by atoms with Crippen LogP contribution in [-0.4, -0.2) is 39.2 Å². The van der Waals surface area contributed by atoms with E-state index in [0.29, 0.717) is 35.2 Å². The highest BCUT2D eigenvalue weighted by molar-refractivity contribution is 7.15. The average molecular weight is 403 g/mol. The molecule has 8 heteroatoms. The van der Waals surface area contributed by atoms with Gasteiger partial charge in [-0.3, -0.25) is 14.0 Å². The van der Waals surface area contributed by atoms with Crippen molar-refractivity contribution in [1.82, 2.24) is 14.3 Å². The molecule has 2 heterocycles. The van der Waals surface area contributed by atoms with Crippen molar-refractivity contribution < 1.29 is 9.59 Å². The molecule has 3 rings (SSSR count). The van der Waals surface area contributed by atoms with Crippen LogP contribution >= 0.6 is 22.9 Å². The molecule has 6 nitrogen and oxygen atoms in total. The van der Waals surface area contributed by atoms with Crippen molar-refractivity contribution in [3.63, 3.8) is 0 Å². The van der Waals surface area contributed by atoms with Crippen LogP contribution in [0.4, 0.5) is 5.69 Å². The summed E-state index contributed by atoms with van der Waals surface area (Å²) in [4.78, 5) is 31.2. The Hall–Kier alpha value is -2.64. The van der Waals surface area contributed by atoms with E-state index in [0.717, 1.165) is 4.96 Å². The first kappa shape index (κ1) is 19.1. The lowest BCUT2D eigenvalue weighted by Gasteiger charge is -2.18. The molecule has 2 amide bonds. The van der Waals surface area contributed by atoms with Gasteiger partial charge in [0.1, 0.15) is 0 Å². The van der Waals surface area contributed by atoms with Crippen LogP contribution in [0.2, 0.25) is 5.15 Å². The minimum atomic E-state index is -0.293. The van der Waals surface area contributed by atoms with E-state index in [4.69, 9.17) is 11.6 Å². The predicted molar refractivity (Wildman–Crippen MR) is 109 cm³/mol. The minimum Gasteiger partial charge on any atom is -0.339 e. The zero-order chi connectivity index (χ0) is 19.4. The molecular formula is C19H19ClN4O2S. The number of benzene rings is 1. The molecular weight excluding hydrogens is 384 g/mol. The summed E-state index contributed by atoms with van der Waals surface area (Å²) in [6, 6.07) is 6.85. The van der Waals surface area contributed by atoms with Crippen molar-refractivity contribution in [1.29, 1.82) is 0 Å². The number of hydrogen-bond acceptors (Lipinski definition) is 4. The van der Waals surface area contributed by atoms with Gasteiger partial charge in [-0.1, -0.05) is 11.6 Å². The van der Waals surface area contributed by atoms with Crippen LogP contribution in [0.3, 0.4) is 0 Å². The largest absolute Gasteiger partial charge is 0.339 e. The summed E-state index contributed by atoms with van der Waals surface area (Å²) in [5.41, 5.74) is 1.86. The Kier molecular flexibility index (Phi) is 5.93. The molecule has 0 aliphatic carbocycles. The highest BCUT2D eigenvalue weighted by Gasteiger charge is 2.12. The van der Waals surface area contributed by atoms with Gasteiger partial charge in [0.2, 0.25) is 5.91 Å². The summed E-state index contributed by atoms with van der Waals surface area (Å²) in [6.07, 6.45) is 4.88. The fourth-order valence-corrected chi connectivity index (χ4v) is 3.66. The number of hydrogen-bond donors (Lipinski definition) is 1. The average Bonchev–Trinajstić information content (AvgIpc) is 3.22. The Labute approximate surface area is 166 Å². The van der Waals surface area contributed by atoms with Crippen molar-refractivity contribution in [3.05, 3.63) is 58.3 Å². The third kappa shape index (κ3) is 4.20. The molecule has 0 fully saturated rings. The first-order valence-corrected chi connectivity index (χ1v) is 9.78. The van der Waals surface area contributed by atoms with Crippen molar-refractivity contribution >= 4 is 51.5 Å². The molecule has 0 aliphatic heterocycles. The van der Waals surface area contributed by atoms with Crippen LogP contribution in [0.1, 0.15) is 29.9 Å². The Bertz CT molecular complexity index is 987. The quantitative estimate of drug-likeness (QED) is 0.629. The molecule has 3 aromatic rings. The first-order valence-electron chi connectivity index (χ1n) is 8.53. The van der Waals surface area contributed by atoms with Gasteiger partial charge < -0.3 is 10.2 Å². The zero-order valence-electron chi connectivity index (χ0n) is 15.0. The van der Waals surface area contributed by atoms with E-state index in [-0.39, 0.29) is 11.8 Å². The predicted octanol–water partition coefficient (Wildman–Crippen LogP) is 4.18. The second-order valence-electron chi connectivity index (χ2n) is 5.72.